The van der Waals surface area contributed by atoms with Gasteiger partial charge in [0.05, 0.1) is 12.7 Å². The molecule has 1 unspecified atom stereocenters. The first-order valence-electron chi connectivity index (χ1n) is 5.47. The molecule has 0 spiro atoms. The van der Waals surface area contributed by atoms with Crippen molar-refractivity contribution in [2.45, 2.75) is 26.2 Å². The lowest BCUT2D eigenvalue weighted by molar-refractivity contribution is -0.142. The standard InChI is InChI=1S/C11H16N2O3/c1-9(14)16-7-4-10(8-12)11(15)13-5-2-3-6-13/h10H,2-7H2,1H3. The minimum atomic E-state index is -0.683. The molecule has 1 saturated heterocycles. The minimum Gasteiger partial charge on any atom is -0.466 e. The van der Waals surface area contributed by atoms with E-state index >= 15 is 0 Å². The Morgan fingerprint density at radius 1 is 1.44 bits per heavy atom. The Hall–Kier alpha value is -1.57. The Bertz CT molecular complexity index is 303. The zero-order valence-electron chi connectivity index (χ0n) is 9.44. The van der Waals surface area contributed by atoms with E-state index in [0.717, 1.165) is 25.9 Å². The summed E-state index contributed by atoms with van der Waals surface area (Å²) in [7, 11) is 0. The maximum absolute atomic E-state index is 11.8. The molecule has 0 N–H and O–H groups in total. The van der Waals surface area contributed by atoms with Crippen LogP contribution in [0.4, 0.5) is 0 Å². The molecule has 16 heavy (non-hydrogen) atoms. The average molecular weight is 224 g/mol. The number of carbonyl (C=O) groups is 2. The van der Waals surface area contributed by atoms with E-state index in [-0.39, 0.29) is 24.9 Å². The third-order valence-corrected chi connectivity index (χ3v) is 2.58. The van der Waals surface area contributed by atoms with Crippen molar-refractivity contribution in [2.75, 3.05) is 19.7 Å². The zero-order chi connectivity index (χ0) is 12.0. The average Bonchev–Trinajstić information content (AvgIpc) is 2.76. The number of hydrogen-bond acceptors (Lipinski definition) is 4. The SMILES string of the molecule is CC(=O)OCCC(C#N)C(=O)N1CCCC1. The number of nitrogens with zero attached hydrogens (tertiary/aromatic N) is 2. The van der Waals surface area contributed by atoms with Gasteiger partial charge in [0.25, 0.3) is 0 Å². The molecule has 5 nitrogen and oxygen atoms in total. The topological polar surface area (TPSA) is 70.4 Å². The number of nitriles is 1. The number of hydrogen-bond donors (Lipinski definition) is 0. The van der Waals surface area contributed by atoms with Crippen LogP contribution in [-0.4, -0.2) is 36.5 Å². The van der Waals surface area contributed by atoms with Crippen LogP contribution in [0.1, 0.15) is 26.2 Å². The maximum Gasteiger partial charge on any atom is 0.302 e. The summed E-state index contributed by atoms with van der Waals surface area (Å²) >= 11 is 0. The second kappa shape index (κ2) is 6.11. The summed E-state index contributed by atoms with van der Waals surface area (Å²) in [5, 5.41) is 8.88. The second-order valence-corrected chi connectivity index (χ2v) is 3.84. The van der Waals surface area contributed by atoms with Crippen molar-refractivity contribution in [3.8, 4) is 6.07 Å². The van der Waals surface area contributed by atoms with Gasteiger partial charge < -0.3 is 9.64 Å². The Kier molecular flexibility index (Phi) is 4.77. The summed E-state index contributed by atoms with van der Waals surface area (Å²) in [6.07, 6.45) is 2.30. The Labute approximate surface area is 95.0 Å². The van der Waals surface area contributed by atoms with Gasteiger partial charge in [-0.3, -0.25) is 9.59 Å². The molecule has 1 aliphatic heterocycles. The van der Waals surface area contributed by atoms with Gasteiger partial charge in [0, 0.05) is 26.4 Å². The predicted molar refractivity (Wildman–Crippen MR) is 56.2 cm³/mol. The molecule has 1 atom stereocenters. The molecular weight excluding hydrogens is 208 g/mol. The Balaban J connectivity index is 2.38. The largest absolute Gasteiger partial charge is 0.466 e. The van der Waals surface area contributed by atoms with Crippen molar-refractivity contribution >= 4 is 11.9 Å². The van der Waals surface area contributed by atoms with Crippen LogP contribution < -0.4 is 0 Å². The van der Waals surface area contributed by atoms with Gasteiger partial charge in [0.2, 0.25) is 5.91 Å². The quantitative estimate of drug-likeness (QED) is 0.659. The van der Waals surface area contributed by atoms with E-state index in [9.17, 15) is 9.59 Å². The molecule has 5 heteroatoms. The van der Waals surface area contributed by atoms with Gasteiger partial charge >= 0.3 is 5.97 Å². The van der Waals surface area contributed by atoms with Gasteiger partial charge in [0.1, 0.15) is 5.92 Å². The number of likely N-dealkylation sites (tertiary alicyclic amines) is 1. The Morgan fingerprint density at radius 2 is 2.06 bits per heavy atom. The normalized spacial score (nSPS) is 16.6. The van der Waals surface area contributed by atoms with Crippen molar-refractivity contribution < 1.29 is 14.3 Å². The van der Waals surface area contributed by atoms with Gasteiger partial charge in [-0.15, -0.1) is 0 Å². The van der Waals surface area contributed by atoms with Gasteiger partial charge in [-0.05, 0) is 12.8 Å². The highest BCUT2D eigenvalue weighted by Crippen LogP contribution is 2.14. The molecule has 1 amide bonds. The first-order valence-corrected chi connectivity index (χ1v) is 5.47. The number of amides is 1. The molecule has 1 fully saturated rings. The van der Waals surface area contributed by atoms with Crippen LogP contribution in [0.3, 0.4) is 0 Å². The summed E-state index contributed by atoms with van der Waals surface area (Å²) in [5.74, 6) is -1.20. The summed E-state index contributed by atoms with van der Waals surface area (Å²) in [5.41, 5.74) is 0. The van der Waals surface area contributed by atoms with Crippen molar-refractivity contribution in [1.82, 2.24) is 4.90 Å². The van der Waals surface area contributed by atoms with Crippen LogP contribution in [0.5, 0.6) is 0 Å². The van der Waals surface area contributed by atoms with Crippen molar-refractivity contribution in [2.24, 2.45) is 5.92 Å². The predicted octanol–water partition coefficient (Wildman–Crippen LogP) is 0.702. The van der Waals surface area contributed by atoms with Crippen LogP contribution in [0, 0.1) is 17.2 Å². The molecule has 0 saturated carbocycles. The molecule has 0 aromatic heterocycles. The first-order chi connectivity index (χ1) is 7.65. The number of esters is 1. The highest BCUT2D eigenvalue weighted by atomic mass is 16.5. The van der Waals surface area contributed by atoms with E-state index in [4.69, 9.17) is 10.00 Å². The van der Waals surface area contributed by atoms with Crippen LogP contribution in [-0.2, 0) is 14.3 Å². The van der Waals surface area contributed by atoms with Crippen molar-refractivity contribution in [3.05, 3.63) is 0 Å². The van der Waals surface area contributed by atoms with E-state index in [1.165, 1.54) is 6.92 Å². The van der Waals surface area contributed by atoms with E-state index in [1.807, 2.05) is 6.07 Å². The van der Waals surface area contributed by atoms with E-state index < -0.39 is 5.92 Å². The second-order valence-electron chi connectivity index (χ2n) is 3.84. The fraction of sp³-hybridized carbons (Fsp3) is 0.727. The monoisotopic (exact) mass is 224 g/mol. The fourth-order valence-corrected chi connectivity index (χ4v) is 1.72. The first kappa shape index (κ1) is 12.5. The summed E-state index contributed by atoms with van der Waals surface area (Å²) in [6.45, 7) is 2.92. The maximum atomic E-state index is 11.8. The molecule has 0 radical (unpaired) electrons. The van der Waals surface area contributed by atoms with Crippen LogP contribution >= 0.6 is 0 Å². The van der Waals surface area contributed by atoms with Crippen LogP contribution in [0.25, 0.3) is 0 Å². The molecule has 88 valence electrons. The highest BCUT2D eigenvalue weighted by Gasteiger charge is 2.26. The minimum absolute atomic E-state index is 0.132. The highest BCUT2D eigenvalue weighted by molar-refractivity contribution is 5.81. The van der Waals surface area contributed by atoms with E-state index in [1.54, 1.807) is 4.90 Å². The molecule has 1 rings (SSSR count). The molecule has 0 bridgehead atoms. The van der Waals surface area contributed by atoms with Crippen molar-refractivity contribution in [1.29, 1.82) is 5.26 Å². The molecule has 1 aliphatic rings. The van der Waals surface area contributed by atoms with Crippen molar-refractivity contribution in [3.63, 3.8) is 0 Å². The number of ether oxygens (including phenoxy) is 1. The van der Waals surface area contributed by atoms with Crippen LogP contribution in [0.15, 0.2) is 0 Å². The molecule has 1 heterocycles. The fourth-order valence-electron chi connectivity index (χ4n) is 1.72. The van der Waals surface area contributed by atoms with E-state index in [2.05, 4.69) is 0 Å². The number of carbonyl (C=O) groups excluding carboxylic acids is 2. The summed E-state index contributed by atoms with van der Waals surface area (Å²) < 4.78 is 4.73. The summed E-state index contributed by atoms with van der Waals surface area (Å²) in [4.78, 5) is 24.1. The lowest BCUT2D eigenvalue weighted by atomic mass is 10.1. The molecule has 0 aromatic rings. The molecule has 0 aromatic carbocycles. The molecular formula is C11H16N2O3. The molecule has 0 aliphatic carbocycles. The Morgan fingerprint density at radius 3 is 2.56 bits per heavy atom. The lowest BCUT2D eigenvalue weighted by Crippen LogP contribution is -2.33. The van der Waals surface area contributed by atoms with Crippen LogP contribution in [0.2, 0.25) is 0 Å². The van der Waals surface area contributed by atoms with Gasteiger partial charge in [0.15, 0.2) is 0 Å². The smallest absolute Gasteiger partial charge is 0.302 e. The van der Waals surface area contributed by atoms with E-state index in [0.29, 0.717) is 0 Å². The van der Waals surface area contributed by atoms with Gasteiger partial charge in [-0.1, -0.05) is 0 Å². The number of rotatable bonds is 4. The zero-order valence-corrected chi connectivity index (χ0v) is 9.44. The summed E-state index contributed by atoms with van der Waals surface area (Å²) in [6, 6.07) is 1.97. The van der Waals surface area contributed by atoms with Gasteiger partial charge in [-0.25, -0.2) is 0 Å². The third kappa shape index (κ3) is 3.54. The van der Waals surface area contributed by atoms with Gasteiger partial charge in [-0.2, -0.15) is 5.26 Å². The third-order valence-electron chi connectivity index (χ3n) is 2.58. The lowest BCUT2D eigenvalue weighted by Gasteiger charge is -2.18.